The van der Waals surface area contributed by atoms with E-state index in [1.165, 1.54) is 0 Å². The summed E-state index contributed by atoms with van der Waals surface area (Å²) < 4.78 is 30.8. The Bertz CT molecular complexity index is 418. The van der Waals surface area contributed by atoms with Gasteiger partial charge in [0, 0.05) is 12.1 Å². The molecule has 17 heavy (non-hydrogen) atoms. The molecule has 0 bridgehead atoms. The van der Waals surface area contributed by atoms with Gasteiger partial charge in [0.15, 0.2) is 17.4 Å². The van der Waals surface area contributed by atoms with Gasteiger partial charge in [0.2, 0.25) is 0 Å². The van der Waals surface area contributed by atoms with Crippen molar-refractivity contribution in [1.29, 1.82) is 0 Å². The third-order valence-electron chi connectivity index (χ3n) is 1.66. The third-order valence-corrected chi connectivity index (χ3v) is 1.66. The van der Waals surface area contributed by atoms with Crippen molar-refractivity contribution >= 4 is 11.8 Å². The molecule has 94 valence electrons. The first-order valence-corrected chi connectivity index (χ1v) is 4.87. The van der Waals surface area contributed by atoms with Gasteiger partial charge in [-0.1, -0.05) is 0 Å². The van der Waals surface area contributed by atoms with Crippen LogP contribution in [0, 0.1) is 11.6 Å². The van der Waals surface area contributed by atoms with E-state index in [1.54, 1.807) is 20.8 Å². The van der Waals surface area contributed by atoms with Crippen LogP contribution in [0.3, 0.4) is 0 Å². The summed E-state index contributed by atoms with van der Waals surface area (Å²) in [5.74, 6) is -3.40. The van der Waals surface area contributed by atoms with Crippen molar-refractivity contribution in [3.05, 3.63) is 23.8 Å². The van der Waals surface area contributed by atoms with Crippen LogP contribution in [-0.4, -0.2) is 16.8 Å². The lowest BCUT2D eigenvalue weighted by molar-refractivity contribution is 0.0636. The molecule has 0 fully saturated rings. The Labute approximate surface area is 97.2 Å². The number of carbonyl (C=O) groups is 1. The largest absolute Gasteiger partial charge is 0.503 e. The molecular weight excluding hydrogens is 232 g/mol. The fraction of sp³-hybridized carbons (Fsp3) is 0.364. The van der Waals surface area contributed by atoms with Crippen LogP contribution >= 0.6 is 0 Å². The summed E-state index contributed by atoms with van der Waals surface area (Å²) >= 11 is 0. The van der Waals surface area contributed by atoms with Crippen molar-refractivity contribution < 1.29 is 23.4 Å². The van der Waals surface area contributed by atoms with Crippen LogP contribution in [-0.2, 0) is 4.74 Å². The van der Waals surface area contributed by atoms with E-state index in [-0.39, 0.29) is 5.69 Å². The summed E-state index contributed by atoms with van der Waals surface area (Å²) in [4.78, 5) is 11.3. The lowest BCUT2D eigenvalue weighted by Gasteiger charge is -2.19. The second kappa shape index (κ2) is 4.57. The van der Waals surface area contributed by atoms with Crippen molar-refractivity contribution in [1.82, 2.24) is 0 Å². The molecule has 1 aromatic rings. The highest BCUT2D eigenvalue weighted by Crippen LogP contribution is 2.24. The highest BCUT2D eigenvalue weighted by molar-refractivity contribution is 5.84. The van der Waals surface area contributed by atoms with Crippen molar-refractivity contribution in [3.63, 3.8) is 0 Å². The Morgan fingerprint density at radius 1 is 1.29 bits per heavy atom. The molecule has 0 spiro atoms. The molecule has 0 aliphatic heterocycles. The van der Waals surface area contributed by atoms with Gasteiger partial charge < -0.3 is 9.84 Å². The number of hydrogen-bond donors (Lipinski definition) is 2. The number of amides is 1. The lowest BCUT2D eigenvalue weighted by atomic mass is 10.2. The highest BCUT2D eigenvalue weighted by atomic mass is 19.1. The minimum absolute atomic E-state index is 0.132. The van der Waals surface area contributed by atoms with Crippen LogP contribution in [0.15, 0.2) is 12.1 Å². The number of aromatic hydroxyl groups is 1. The molecule has 0 aromatic heterocycles. The molecule has 0 atom stereocenters. The molecule has 2 N–H and O–H groups in total. The van der Waals surface area contributed by atoms with Gasteiger partial charge in [-0.3, -0.25) is 5.32 Å². The molecule has 0 aliphatic rings. The Kier molecular flexibility index (Phi) is 3.55. The van der Waals surface area contributed by atoms with Gasteiger partial charge in [0.25, 0.3) is 0 Å². The number of benzene rings is 1. The topological polar surface area (TPSA) is 58.6 Å². The quantitative estimate of drug-likeness (QED) is 0.748. The van der Waals surface area contributed by atoms with Crippen LogP contribution in [0.25, 0.3) is 0 Å². The first-order chi connectivity index (χ1) is 7.69. The average molecular weight is 245 g/mol. The molecule has 0 radical (unpaired) electrons. The van der Waals surface area contributed by atoms with E-state index < -0.39 is 29.1 Å². The molecule has 4 nitrogen and oxygen atoms in total. The van der Waals surface area contributed by atoms with Gasteiger partial charge in [0.1, 0.15) is 5.60 Å². The number of ether oxygens (including phenoxy) is 1. The molecular formula is C11H13F2NO3. The predicted molar refractivity (Wildman–Crippen MR) is 57.9 cm³/mol. The fourth-order valence-corrected chi connectivity index (χ4v) is 1.06. The number of carbonyl (C=O) groups excluding carboxylic acids is 1. The second-order valence-corrected chi connectivity index (χ2v) is 4.42. The Balaban J connectivity index is 2.79. The highest BCUT2D eigenvalue weighted by Gasteiger charge is 2.17. The average Bonchev–Trinajstić information content (AvgIpc) is 2.10. The summed E-state index contributed by atoms with van der Waals surface area (Å²) in [6.07, 6.45) is -0.831. The number of halogens is 2. The maximum Gasteiger partial charge on any atom is 0.412 e. The van der Waals surface area contributed by atoms with E-state index in [0.29, 0.717) is 0 Å². The minimum Gasteiger partial charge on any atom is -0.503 e. The maximum absolute atomic E-state index is 12.9. The summed E-state index contributed by atoms with van der Waals surface area (Å²) in [7, 11) is 0. The van der Waals surface area contributed by atoms with Gasteiger partial charge in [-0.25, -0.2) is 13.6 Å². The Morgan fingerprint density at radius 3 is 2.18 bits per heavy atom. The standard InChI is InChI=1S/C11H13F2NO3/c1-11(2,3)17-10(16)14-6-4-7(12)9(15)8(13)5-6/h4-5,15H,1-3H3,(H,14,16). The predicted octanol–water partition coefficient (Wildman–Crippen LogP) is 3.02. The number of hydrogen-bond acceptors (Lipinski definition) is 3. The molecule has 0 aliphatic carbocycles. The van der Waals surface area contributed by atoms with E-state index in [2.05, 4.69) is 5.32 Å². The molecule has 1 amide bonds. The normalized spacial score (nSPS) is 11.1. The smallest absolute Gasteiger partial charge is 0.412 e. The monoisotopic (exact) mass is 245 g/mol. The Hall–Kier alpha value is -1.85. The summed E-state index contributed by atoms with van der Waals surface area (Å²) in [5.41, 5.74) is -0.843. The van der Waals surface area contributed by atoms with E-state index in [0.717, 1.165) is 12.1 Å². The van der Waals surface area contributed by atoms with Crippen LogP contribution in [0.5, 0.6) is 5.75 Å². The summed E-state index contributed by atoms with van der Waals surface area (Å²) in [5, 5.41) is 11.0. The second-order valence-electron chi connectivity index (χ2n) is 4.42. The molecule has 1 rings (SSSR count). The van der Waals surface area contributed by atoms with Gasteiger partial charge in [0.05, 0.1) is 5.69 Å². The van der Waals surface area contributed by atoms with Crippen LogP contribution in [0.1, 0.15) is 20.8 Å². The van der Waals surface area contributed by atoms with Gasteiger partial charge in [-0.05, 0) is 20.8 Å². The summed E-state index contributed by atoms with van der Waals surface area (Å²) in [6.45, 7) is 4.97. The van der Waals surface area contributed by atoms with Gasteiger partial charge >= 0.3 is 6.09 Å². The number of nitrogens with one attached hydrogen (secondary N) is 1. The summed E-state index contributed by atoms with van der Waals surface area (Å²) in [6, 6.07) is 1.59. The molecule has 1 aromatic carbocycles. The first-order valence-electron chi connectivity index (χ1n) is 4.87. The van der Waals surface area contributed by atoms with Gasteiger partial charge in [-0.2, -0.15) is 0 Å². The maximum atomic E-state index is 12.9. The van der Waals surface area contributed by atoms with E-state index in [4.69, 9.17) is 9.84 Å². The molecule has 0 saturated carbocycles. The first kappa shape index (κ1) is 13.2. The molecule has 0 unspecified atom stereocenters. The van der Waals surface area contributed by atoms with Gasteiger partial charge in [-0.15, -0.1) is 0 Å². The van der Waals surface area contributed by atoms with E-state index >= 15 is 0 Å². The zero-order chi connectivity index (χ0) is 13.2. The van der Waals surface area contributed by atoms with Crippen molar-refractivity contribution in [2.24, 2.45) is 0 Å². The zero-order valence-corrected chi connectivity index (χ0v) is 9.67. The third kappa shape index (κ3) is 3.90. The van der Waals surface area contributed by atoms with Crippen molar-refractivity contribution in [3.8, 4) is 5.75 Å². The molecule has 0 heterocycles. The fourth-order valence-electron chi connectivity index (χ4n) is 1.06. The molecule has 6 heteroatoms. The minimum atomic E-state index is -1.16. The van der Waals surface area contributed by atoms with Crippen LogP contribution < -0.4 is 5.32 Å². The van der Waals surface area contributed by atoms with E-state index in [1.807, 2.05) is 0 Å². The SMILES string of the molecule is CC(C)(C)OC(=O)Nc1cc(F)c(O)c(F)c1. The van der Waals surface area contributed by atoms with Crippen molar-refractivity contribution in [2.75, 3.05) is 5.32 Å². The number of anilines is 1. The number of phenols is 1. The lowest BCUT2D eigenvalue weighted by Crippen LogP contribution is -2.27. The zero-order valence-electron chi connectivity index (χ0n) is 9.67. The Morgan fingerprint density at radius 2 is 1.76 bits per heavy atom. The van der Waals surface area contributed by atoms with Crippen molar-refractivity contribution in [2.45, 2.75) is 26.4 Å². The number of rotatable bonds is 1. The number of phenolic OH excluding ortho intramolecular Hbond substituents is 1. The molecule has 0 saturated heterocycles. The van der Waals surface area contributed by atoms with E-state index in [9.17, 15) is 13.6 Å². The van der Waals surface area contributed by atoms with Crippen LogP contribution in [0.2, 0.25) is 0 Å². The van der Waals surface area contributed by atoms with Crippen LogP contribution in [0.4, 0.5) is 19.3 Å².